The Morgan fingerprint density at radius 1 is 1.09 bits per heavy atom. The maximum Gasteiger partial charge on any atom is 0.273 e. The molecule has 32 heavy (non-hydrogen) atoms. The predicted octanol–water partition coefficient (Wildman–Crippen LogP) is 5.87. The van der Waals surface area contributed by atoms with E-state index in [-0.39, 0.29) is 11.9 Å². The number of carbonyl (C=O) groups is 1. The van der Waals surface area contributed by atoms with Gasteiger partial charge in [0.1, 0.15) is 5.69 Å². The van der Waals surface area contributed by atoms with Crippen molar-refractivity contribution in [1.82, 2.24) is 15.1 Å². The third-order valence-electron chi connectivity index (χ3n) is 5.79. The van der Waals surface area contributed by atoms with Gasteiger partial charge in [-0.15, -0.1) is 0 Å². The summed E-state index contributed by atoms with van der Waals surface area (Å²) in [7, 11) is 1.63. The molecule has 2 heterocycles. The Morgan fingerprint density at radius 3 is 2.56 bits per heavy atom. The van der Waals surface area contributed by atoms with Crippen molar-refractivity contribution in [3.63, 3.8) is 0 Å². The summed E-state index contributed by atoms with van der Waals surface area (Å²) in [5.74, 6) is 1.31. The number of unbranched alkanes of at least 4 members (excludes halogenated alkanes) is 2. The molecule has 1 aliphatic rings. The van der Waals surface area contributed by atoms with Crippen molar-refractivity contribution in [3.05, 3.63) is 64.3 Å². The number of aromatic nitrogens is 2. The van der Waals surface area contributed by atoms with E-state index in [9.17, 15) is 4.79 Å². The van der Waals surface area contributed by atoms with E-state index in [0.29, 0.717) is 35.4 Å². The number of fused-ring (bicyclic) bond motifs is 1. The molecule has 1 N–H and O–H groups in total. The van der Waals surface area contributed by atoms with Crippen molar-refractivity contribution in [2.75, 3.05) is 20.3 Å². The number of hydrogen-bond acceptors (Lipinski definition) is 4. The van der Waals surface area contributed by atoms with Crippen molar-refractivity contribution in [1.29, 1.82) is 0 Å². The summed E-state index contributed by atoms with van der Waals surface area (Å²) in [6.45, 7) is 5.32. The summed E-state index contributed by atoms with van der Waals surface area (Å²) < 4.78 is 11.3. The normalized spacial score (nSPS) is 15.2. The first-order valence-corrected chi connectivity index (χ1v) is 11.4. The molecule has 3 aromatic rings. The number of methoxy groups -OCH3 is 1. The molecule has 0 saturated carbocycles. The smallest absolute Gasteiger partial charge is 0.273 e. The molecule has 6 nitrogen and oxygen atoms in total. The average molecular weight is 454 g/mol. The van der Waals surface area contributed by atoms with E-state index in [1.54, 1.807) is 7.11 Å². The van der Waals surface area contributed by atoms with Crippen LogP contribution in [0.2, 0.25) is 5.02 Å². The number of amides is 1. The highest BCUT2D eigenvalue weighted by Gasteiger charge is 2.42. The molecule has 0 fully saturated rings. The molecule has 0 saturated heterocycles. The van der Waals surface area contributed by atoms with Crippen LogP contribution in [0.3, 0.4) is 0 Å². The van der Waals surface area contributed by atoms with Gasteiger partial charge in [0.2, 0.25) is 0 Å². The molecule has 0 bridgehead atoms. The van der Waals surface area contributed by atoms with Crippen LogP contribution < -0.4 is 9.47 Å². The Labute approximate surface area is 193 Å². The number of rotatable bonds is 9. The summed E-state index contributed by atoms with van der Waals surface area (Å²) in [6.07, 6.45) is 3.10. The summed E-state index contributed by atoms with van der Waals surface area (Å²) >= 11 is 6.09. The molecule has 1 amide bonds. The fraction of sp³-hybridized carbons (Fsp3) is 0.360. The molecular formula is C25H28ClN3O3. The molecule has 1 aliphatic heterocycles. The third-order valence-corrected chi connectivity index (χ3v) is 6.04. The molecule has 2 aromatic carbocycles. The van der Waals surface area contributed by atoms with E-state index in [0.717, 1.165) is 41.6 Å². The van der Waals surface area contributed by atoms with Crippen LogP contribution >= 0.6 is 11.6 Å². The van der Waals surface area contributed by atoms with Crippen LogP contribution in [0.15, 0.2) is 42.5 Å². The van der Waals surface area contributed by atoms with Crippen molar-refractivity contribution in [2.45, 2.75) is 39.2 Å². The summed E-state index contributed by atoms with van der Waals surface area (Å²) in [5.41, 5.74) is 4.08. The Kier molecular flexibility index (Phi) is 6.70. The first-order valence-electron chi connectivity index (χ1n) is 11.0. The van der Waals surface area contributed by atoms with Gasteiger partial charge in [0, 0.05) is 22.7 Å². The average Bonchev–Trinajstić information content (AvgIpc) is 3.34. The number of ether oxygens (including phenoxy) is 2. The van der Waals surface area contributed by atoms with Gasteiger partial charge in [-0.25, -0.2) is 0 Å². The van der Waals surface area contributed by atoms with Crippen molar-refractivity contribution >= 4 is 17.5 Å². The van der Waals surface area contributed by atoms with E-state index < -0.39 is 0 Å². The topological polar surface area (TPSA) is 67.5 Å². The Balaban J connectivity index is 1.82. The lowest BCUT2D eigenvalue weighted by Gasteiger charge is -2.27. The van der Waals surface area contributed by atoms with Gasteiger partial charge in [0.25, 0.3) is 5.91 Å². The number of H-pyrrole nitrogens is 1. The van der Waals surface area contributed by atoms with E-state index in [1.165, 1.54) is 0 Å². The number of nitrogens with zero attached hydrogens (tertiary/aromatic N) is 2. The Hall–Kier alpha value is -2.99. The minimum Gasteiger partial charge on any atom is -0.493 e. The first kappa shape index (κ1) is 22.2. The molecule has 7 heteroatoms. The largest absolute Gasteiger partial charge is 0.493 e. The van der Waals surface area contributed by atoms with Crippen LogP contribution in [0.4, 0.5) is 0 Å². The molecule has 1 aromatic heterocycles. The molecule has 1 atom stereocenters. The lowest BCUT2D eigenvalue weighted by Crippen LogP contribution is -2.30. The number of carbonyl (C=O) groups excluding carboxylic acids is 1. The molecular weight excluding hydrogens is 426 g/mol. The lowest BCUT2D eigenvalue weighted by molar-refractivity contribution is 0.0740. The zero-order valence-electron chi connectivity index (χ0n) is 18.7. The highest BCUT2D eigenvalue weighted by Crippen LogP contribution is 2.44. The number of nitrogens with one attached hydrogen (secondary N) is 1. The molecule has 0 aliphatic carbocycles. The van der Waals surface area contributed by atoms with Gasteiger partial charge < -0.3 is 14.4 Å². The van der Waals surface area contributed by atoms with E-state index in [2.05, 4.69) is 17.1 Å². The molecule has 168 valence electrons. The quantitative estimate of drug-likeness (QED) is 0.411. The maximum atomic E-state index is 13.4. The Bertz CT molecular complexity index is 1090. The van der Waals surface area contributed by atoms with Gasteiger partial charge in [0.05, 0.1) is 25.5 Å². The predicted molar refractivity (Wildman–Crippen MR) is 126 cm³/mol. The van der Waals surface area contributed by atoms with E-state index in [1.807, 2.05) is 54.3 Å². The van der Waals surface area contributed by atoms with Crippen LogP contribution in [0.1, 0.15) is 60.8 Å². The SMILES string of the molecule is CCCCCN1C(=O)c2[nH]nc(-c3ccc(Cl)cc3)c2C1c1ccc(OCC)c(OC)c1. The summed E-state index contributed by atoms with van der Waals surface area (Å²) in [6, 6.07) is 13.1. The maximum absolute atomic E-state index is 13.4. The summed E-state index contributed by atoms with van der Waals surface area (Å²) in [4.78, 5) is 15.3. The fourth-order valence-electron chi connectivity index (χ4n) is 4.26. The second-order valence-electron chi connectivity index (χ2n) is 7.82. The molecule has 1 unspecified atom stereocenters. The van der Waals surface area contributed by atoms with Crippen LogP contribution in [-0.4, -0.2) is 41.3 Å². The van der Waals surface area contributed by atoms with Gasteiger partial charge in [-0.05, 0) is 43.2 Å². The van der Waals surface area contributed by atoms with Gasteiger partial charge in [-0.3, -0.25) is 9.89 Å². The van der Waals surface area contributed by atoms with E-state index >= 15 is 0 Å². The fourth-order valence-corrected chi connectivity index (χ4v) is 4.39. The van der Waals surface area contributed by atoms with Crippen LogP contribution in [-0.2, 0) is 0 Å². The van der Waals surface area contributed by atoms with Gasteiger partial charge >= 0.3 is 0 Å². The number of benzene rings is 2. The number of hydrogen-bond donors (Lipinski definition) is 1. The third kappa shape index (κ3) is 4.07. The van der Waals surface area contributed by atoms with Crippen molar-refractivity contribution in [3.8, 4) is 22.8 Å². The highest BCUT2D eigenvalue weighted by molar-refractivity contribution is 6.30. The highest BCUT2D eigenvalue weighted by atomic mass is 35.5. The second-order valence-corrected chi connectivity index (χ2v) is 8.26. The van der Waals surface area contributed by atoms with Gasteiger partial charge in [-0.2, -0.15) is 5.10 Å². The van der Waals surface area contributed by atoms with Crippen molar-refractivity contribution < 1.29 is 14.3 Å². The number of aromatic amines is 1. The molecule has 0 spiro atoms. The first-order chi connectivity index (χ1) is 15.6. The molecule has 0 radical (unpaired) electrons. The standard InChI is InChI=1S/C25H28ClN3O3/c1-4-6-7-14-29-24(17-10-13-19(32-5-2)20(15-17)31-3)21-22(27-28-23(21)25(29)30)16-8-11-18(26)12-9-16/h8-13,15,24H,4-7,14H2,1-3H3,(H,27,28). The van der Waals surface area contributed by atoms with Crippen LogP contribution in [0.25, 0.3) is 11.3 Å². The van der Waals surface area contributed by atoms with Crippen LogP contribution in [0, 0.1) is 0 Å². The van der Waals surface area contributed by atoms with E-state index in [4.69, 9.17) is 21.1 Å². The van der Waals surface area contributed by atoms with Crippen molar-refractivity contribution in [2.24, 2.45) is 0 Å². The zero-order valence-corrected chi connectivity index (χ0v) is 19.4. The zero-order chi connectivity index (χ0) is 22.7. The number of halogens is 1. The molecule has 4 rings (SSSR count). The lowest BCUT2D eigenvalue weighted by atomic mass is 9.95. The summed E-state index contributed by atoms with van der Waals surface area (Å²) in [5, 5.41) is 8.17. The Morgan fingerprint density at radius 2 is 1.88 bits per heavy atom. The minimum absolute atomic E-state index is 0.0262. The monoisotopic (exact) mass is 453 g/mol. The van der Waals surface area contributed by atoms with Gasteiger partial charge in [0.15, 0.2) is 11.5 Å². The minimum atomic E-state index is -0.261. The second kappa shape index (κ2) is 9.65. The van der Waals surface area contributed by atoms with Gasteiger partial charge in [-0.1, -0.05) is 49.6 Å². The van der Waals surface area contributed by atoms with Crippen LogP contribution in [0.5, 0.6) is 11.5 Å².